The van der Waals surface area contributed by atoms with Crippen molar-refractivity contribution in [3.05, 3.63) is 53.7 Å². The number of nitrogens with zero attached hydrogens (tertiary/aromatic N) is 3. The van der Waals surface area contributed by atoms with Crippen LogP contribution < -0.4 is 0 Å². The van der Waals surface area contributed by atoms with Gasteiger partial charge in [-0.2, -0.15) is 0 Å². The molecule has 3 aromatic rings. The Morgan fingerprint density at radius 1 is 1.23 bits per heavy atom. The Morgan fingerprint density at radius 2 is 2.00 bits per heavy atom. The highest BCUT2D eigenvalue weighted by Gasteiger charge is 2.28. The maximum absolute atomic E-state index is 12.6. The van der Waals surface area contributed by atoms with Crippen LogP contribution in [-0.2, 0) is 18.4 Å². The molecule has 0 aliphatic carbocycles. The van der Waals surface area contributed by atoms with Gasteiger partial charge in [-0.15, -0.1) is 0 Å². The Morgan fingerprint density at radius 3 is 2.73 bits per heavy atom. The fourth-order valence-electron chi connectivity index (χ4n) is 3.74. The fourth-order valence-corrected chi connectivity index (χ4v) is 3.74. The quantitative estimate of drug-likeness (QED) is 0.722. The number of amides is 1. The number of aryl methyl sites for hydroxylation is 1. The van der Waals surface area contributed by atoms with E-state index in [4.69, 9.17) is 14.1 Å². The van der Waals surface area contributed by atoms with E-state index in [1.165, 1.54) is 0 Å². The lowest BCUT2D eigenvalue weighted by Gasteiger charge is -2.31. The third-order valence-corrected chi connectivity index (χ3v) is 5.13. The van der Waals surface area contributed by atoms with Crippen molar-refractivity contribution in [3.8, 4) is 0 Å². The largest absolute Gasteiger partial charge is 0.453 e. The zero-order valence-electron chi connectivity index (χ0n) is 15.1. The Kier molecular flexibility index (Phi) is 4.51. The molecule has 1 saturated heterocycles. The van der Waals surface area contributed by atoms with E-state index >= 15 is 0 Å². The maximum atomic E-state index is 12.6. The Bertz CT molecular complexity index is 919. The number of methoxy groups -OCH3 is 1. The number of fused-ring (bicyclic) bond motifs is 1. The van der Waals surface area contributed by atoms with Gasteiger partial charge in [0, 0.05) is 33.2 Å². The van der Waals surface area contributed by atoms with Crippen LogP contribution in [0.15, 0.2) is 40.8 Å². The molecule has 1 aliphatic heterocycles. The normalized spacial score (nSPS) is 15.7. The van der Waals surface area contributed by atoms with E-state index in [1.807, 2.05) is 23.1 Å². The van der Waals surface area contributed by atoms with Crippen LogP contribution in [0.4, 0.5) is 0 Å². The summed E-state index contributed by atoms with van der Waals surface area (Å²) < 4.78 is 12.8. The van der Waals surface area contributed by atoms with Gasteiger partial charge in [0.1, 0.15) is 18.2 Å². The summed E-state index contributed by atoms with van der Waals surface area (Å²) in [6, 6.07) is 11.7. The smallest absolute Gasteiger partial charge is 0.289 e. The lowest BCUT2D eigenvalue weighted by atomic mass is 9.95. The number of aromatic nitrogens is 2. The first-order chi connectivity index (χ1) is 12.7. The number of likely N-dealkylation sites (tertiary alicyclic amines) is 1. The van der Waals surface area contributed by atoms with Crippen LogP contribution in [0.3, 0.4) is 0 Å². The van der Waals surface area contributed by atoms with Gasteiger partial charge in [0.15, 0.2) is 5.76 Å². The summed E-state index contributed by atoms with van der Waals surface area (Å²) in [5.41, 5.74) is 2.19. The molecule has 136 valence electrons. The van der Waals surface area contributed by atoms with Crippen molar-refractivity contribution in [2.24, 2.45) is 7.05 Å². The van der Waals surface area contributed by atoms with E-state index in [9.17, 15) is 4.79 Å². The van der Waals surface area contributed by atoms with Crippen molar-refractivity contribution < 1.29 is 13.9 Å². The lowest BCUT2D eigenvalue weighted by molar-refractivity contribution is 0.0671. The average Bonchev–Trinajstić information content (AvgIpc) is 3.27. The summed E-state index contributed by atoms with van der Waals surface area (Å²) in [5, 5.41) is 0. The number of ether oxygens (including phenoxy) is 1. The number of hydrogen-bond donors (Lipinski definition) is 0. The van der Waals surface area contributed by atoms with Crippen LogP contribution in [0, 0.1) is 0 Å². The molecule has 0 saturated carbocycles. The molecule has 0 atom stereocenters. The number of carbonyl (C=O) groups is 1. The van der Waals surface area contributed by atoms with Gasteiger partial charge in [-0.05, 0) is 37.1 Å². The number of benzene rings is 1. The van der Waals surface area contributed by atoms with E-state index in [0.717, 1.165) is 29.7 Å². The van der Waals surface area contributed by atoms with Gasteiger partial charge < -0.3 is 18.6 Å². The molecule has 1 fully saturated rings. The number of furan rings is 1. The second kappa shape index (κ2) is 6.96. The Balaban J connectivity index is 1.44. The number of piperidine rings is 1. The highest BCUT2D eigenvalue weighted by atomic mass is 16.5. The molecule has 1 aromatic carbocycles. The van der Waals surface area contributed by atoms with Gasteiger partial charge in [0.25, 0.3) is 5.91 Å². The minimum Gasteiger partial charge on any atom is -0.453 e. The standard InChI is InChI=1S/C20H23N3O3/c1-22-17-6-4-3-5-16(17)21-19(22)14-9-11-23(12-10-14)20(24)18-8-7-15(26-18)13-25-2/h3-8,14H,9-13H2,1-2H3. The topological polar surface area (TPSA) is 60.5 Å². The summed E-state index contributed by atoms with van der Waals surface area (Å²) in [6.45, 7) is 1.81. The molecule has 6 heteroatoms. The minimum absolute atomic E-state index is 0.0456. The average molecular weight is 353 g/mol. The third-order valence-electron chi connectivity index (χ3n) is 5.13. The zero-order valence-corrected chi connectivity index (χ0v) is 15.1. The SMILES string of the molecule is COCc1ccc(C(=O)N2CCC(c3nc4ccccc4n3C)CC2)o1. The van der Waals surface area contributed by atoms with E-state index in [2.05, 4.69) is 17.7 Å². The van der Waals surface area contributed by atoms with Crippen molar-refractivity contribution in [2.45, 2.75) is 25.4 Å². The van der Waals surface area contributed by atoms with Crippen LogP contribution >= 0.6 is 0 Å². The molecule has 3 heterocycles. The lowest BCUT2D eigenvalue weighted by Crippen LogP contribution is -2.38. The van der Waals surface area contributed by atoms with Gasteiger partial charge in [-0.3, -0.25) is 4.79 Å². The van der Waals surface area contributed by atoms with E-state index in [-0.39, 0.29) is 5.91 Å². The second-order valence-corrected chi connectivity index (χ2v) is 6.78. The van der Waals surface area contributed by atoms with Gasteiger partial charge >= 0.3 is 0 Å². The van der Waals surface area contributed by atoms with Crippen LogP contribution in [0.2, 0.25) is 0 Å². The molecule has 0 radical (unpaired) electrons. The van der Waals surface area contributed by atoms with Gasteiger partial charge in [0.05, 0.1) is 11.0 Å². The molecule has 0 unspecified atom stereocenters. The van der Waals surface area contributed by atoms with Crippen molar-refractivity contribution in [2.75, 3.05) is 20.2 Å². The summed E-state index contributed by atoms with van der Waals surface area (Å²) >= 11 is 0. The number of carbonyl (C=O) groups excluding carboxylic acids is 1. The number of hydrogen-bond acceptors (Lipinski definition) is 4. The van der Waals surface area contributed by atoms with Crippen LogP contribution in [0.1, 0.15) is 40.9 Å². The Hall–Kier alpha value is -2.60. The first kappa shape index (κ1) is 16.8. The minimum atomic E-state index is -0.0456. The summed E-state index contributed by atoms with van der Waals surface area (Å²) in [4.78, 5) is 19.3. The van der Waals surface area contributed by atoms with E-state index in [0.29, 0.717) is 37.1 Å². The molecule has 0 N–H and O–H groups in total. The molecule has 6 nitrogen and oxygen atoms in total. The van der Waals surface area contributed by atoms with E-state index < -0.39 is 0 Å². The summed E-state index contributed by atoms with van der Waals surface area (Å²) in [6.07, 6.45) is 1.82. The van der Waals surface area contributed by atoms with Crippen molar-refractivity contribution in [1.82, 2.24) is 14.5 Å². The van der Waals surface area contributed by atoms with Gasteiger partial charge in [0.2, 0.25) is 0 Å². The zero-order chi connectivity index (χ0) is 18.1. The van der Waals surface area contributed by atoms with Gasteiger partial charge in [-0.25, -0.2) is 4.98 Å². The molecule has 2 aromatic heterocycles. The first-order valence-electron chi connectivity index (χ1n) is 8.95. The predicted octanol–water partition coefficient (Wildman–Crippen LogP) is 3.33. The van der Waals surface area contributed by atoms with Crippen LogP contribution in [-0.4, -0.2) is 40.6 Å². The molecule has 26 heavy (non-hydrogen) atoms. The first-order valence-corrected chi connectivity index (χ1v) is 8.95. The second-order valence-electron chi connectivity index (χ2n) is 6.78. The highest BCUT2D eigenvalue weighted by Crippen LogP contribution is 2.30. The molecule has 1 amide bonds. The highest BCUT2D eigenvalue weighted by molar-refractivity contribution is 5.91. The molecule has 1 aliphatic rings. The van der Waals surface area contributed by atoms with Crippen molar-refractivity contribution in [3.63, 3.8) is 0 Å². The predicted molar refractivity (Wildman–Crippen MR) is 98.0 cm³/mol. The monoisotopic (exact) mass is 353 g/mol. The summed E-state index contributed by atoms with van der Waals surface area (Å²) in [5.74, 6) is 2.50. The molecular weight excluding hydrogens is 330 g/mol. The number of imidazole rings is 1. The van der Waals surface area contributed by atoms with E-state index in [1.54, 1.807) is 19.2 Å². The van der Waals surface area contributed by atoms with Crippen LogP contribution in [0.25, 0.3) is 11.0 Å². The molecular formula is C20H23N3O3. The van der Waals surface area contributed by atoms with Gasteiger partial charge in [-0.1, -0.05) is 12.1 Å². The molecule has 0 spiro atoms. The van der Waals surface area contributed by atoms with Crippen molar-refractivity contribution in [1.29, 1.82) is 0 Å². The number of rotatable bonds is 4. The number of para-hydroxylation sites is 2. The molecule has 0 bridgehead atoms. The maximum Gasteiger partial charge on any atom is 0.289 e. The Labute approximate surface area is 152 Å². The summed E-state index contributed by atoms with van der Waals surface area (Å²) in [7, 11) is 3.68. The molecule has 4 rings (SSSR count). The van der Waals surface area contributed by atoms with Crippen LogP contribution in [0.5, 0.6) is 0 Å². The third kappa shape index (κ3) is 3.01. The van der Waals surface area contributed by atoms with Crippen molar-refractivity contribution >= 4 is 16.9 Å². The fraction of sp³-hybridized carbons (Fsp3) is 0.400.